The van der Waals surface area contributed by atoms with Gasteiger partial charge in [0.1, 0.15) is 0 Å². The van der Waals surface area contributed by atoms with Gasteiger partial charge < -0.3 is 29.9 Å². The van der Waals surface area contributed by atoms with Gasteiger partial charge in [-0.3, -0.25) is 4.90 Å². The standard InChI is InChI=1S/C20H29N3O4.C3H6O/c24-20(25)21-16-6-4-15(5-7-16)8-9-22-10-12-23(13-11-22)17-2-1-3-18-19(17)27-14-26-18;4-3-1-2-3/h1-3,15-16,21H,4-14H2,(H,24,25);3-4H,1-2H2/t15-,16-;. The first-order valence-electron chi connectivity index (χ1n) is 11.6. The summed E-state index contributed by atoms with van der Waals surface area (Å²) in [5, 5.41) is 19.6. The van der Waals surface area contributed by atoms with Crippen molar-refractivity contribution in [1.29, 1.82) is 0 Å². The Bertz CT molecular complexity index is 726. The highest BCUT2D eigenvalue weighted by Crippen LogP contribution is 2.41. The zero-order valence-electron chi connectivity index (χ0n) is 18.2. The van der Waals surface area contributed by atoms with Gasteiger partial charge in [0.25, 0.3) is 0 Å². The van der Waals surface area contributed by atoms with Crippen LogP contribution in [0.3, 0.4) is 0 Å². The minimum atomic E-state index is -0.891. The van der Waals surface area contributed by atoms with E-state index < -0.39 is 6.09 Å². The molecule has 31 heavy (non-hydrogen) atoms. The Balaban J connectivity index is 0.000000520. The lowest BCUT2D eigenvalue weighted by molar-refractivity contribution is 0.173. The molecule has 3 N–H and O–H groups in total. The van der Waals surface area contributed by atoms with Crippen LogP contribution in [0.4, 0.5) is 10.5 Å². The van der Waals surface area contributed by atoms with E-state index in [1.165, 1.54) is 6.42 Å². The molecular weight excluding hydrogens is 398 g/mol. The number of para-hydroxylation sites is 1. The predicted molar refractivity (Wildman–Crippen MR) is 118 cm³/mol. The molecule has 1 aromatic rings. The maximum absolute atomic E-state index is 10.7. The van der Waals surface area contributed by atoms with Gasteiger partial charge in [-0.25, -0.2) is 4.79 Å². The van der Waals surface area contributed by atoms with Crippen LogP contribution in [0.1, 0.15) is 44.9 Å². The Kier molecular flexibility index (Phi) is 7.40. The van der Waals surface area contributed by atoms with Gasteiger partial charge in [-0.05, 0) is 69.5 Å². The molecule has 4 aliphatic rings. The largest absolute Gasteiger partial charge is 0.465 e. The zero-order chi connectivity index (χ0) is 21.6. The Morgan fingerprint density at radius 2 is 1.74 bits per heavy atom. The van der Waals surface area contributed by atoms with E-state index >= 15 is 0 Å². The minimum Gasteiger partial charge on any atom is -0.465 e. The fourth-order valence-corrected chi connectivity index (χ4v) is 4.59. The van der Waals surface area contributed by atoms with Gasteiger partial charge in [0.15, 0.2) is 11.5 Å². The second-order valence-corrected chi connectivity index (χ2v) is 9.03. The lowest BCUT2D eigenvalue weighted by Crippen LogP contribution is -2.47. The van der Waals surface area contributed by atoms with Crippen molar-refractivity contribution in [3.63, 3.8) is 0 Å². The third-order valence-corrected chi connectivity index (χ3v) is 6.66. The lowest BCUT2D eigenvalue weighted by atomic mass is 9.84. The summed E-state index contributed by atoms with van der Waals surface area (Å²) in [6, 6.07) is 6.27. The third kappa shape index (κ3) is 6.40. The van der Waals surface area contributed by atoms with Gasteiger partial charge in [0.2, 0.25) is 6.79 Å². The van der Waals surface area contributed by atoms with Gasteiger partial charge in [-0.15, -0.1) is 0 Å². The number of fused-ring (bicyclic) bond motifs is 1. The third-order valence-electron chi connectivity index (χ3n) is 6.66. The molecule has 1 saturated heterocycles. The number of piperazine rings is 1. The fraction of sp³-hybridized carbons (Fsp3) is 0.696. The van der Waals surface area contributed by atoms with Crippen molar-refractivity contribution in [3.8, 4) is 11.5 Å². The quantitative estimate of drug-likeness (QED) is 0.657. The van der Waals surface area contributed by atoms with Crippen molar-refractivity contribution in [2.24, 2.45) is 5.92 Å². The Hall–Kier alpha value is -2.19. The highest BCUT2D eigenvalue weighted by Gasteiger charge is 2.26. The lowest BCUT2D eigenvalue weighted by Gasteiger charge is -2.37. The molecule has 3 fully saturated rings. The molecule has 2 aliphatic carbocycles. The topological polar surface area (TPSA) is 94.5 Å². The molecule has 0 spiro atoms. The summed E-state index contributed by atoms with van der Waals surface area (Å²) < 4.78 is 11.1. The molecular formula is C23H35N3O5. The van der Waals surface area contributed by atoms with Crippen molar-refractivity contribution in [3.05, 3.63) is 18.2 Å². The van der Waals surface area contributed by atoms with Crippen molar-refractivity contribution >= 4 is 11.8 Å². The maximum Gasteiger partial charge on any atom is 0.404 e. The summed E-state index contributed by atoms with van der Waals surface area (Å²) in [6.07, 6.45) is 6.73. The van der Waals surface area contributed by atoms with E-state index in [1.54, 1.807) is 0 Å². The van der Waals surface area contributed by atoms with E-state index in [2.05, 4.69) is 21.2 Å². The highest BCUT2D eigenvalue weighted by molar-refractivity contribution is 5.66. The van der Waals surface area contributed by atoms with Crippen LogP contribution in [0.5, 0.6) is 11.5 Å². The predicted octanol–water partition coefficient (Wildman–Crippen LogP) is 2.89. The molecule has 0 radical (unpaired) electrons. The summed E-state index contributed by atoms with van der Waals surface area (Å²) in [5.74, 6) is 2.47. The highest BCUT2D eigenvalue weighted by atomic mass is 16.7. The molecule has 1 aromatic carbocycles. The number of carbonyl (C=O) groups is 1. The number of aliphatic hydroxyl groups excluding tert-OH is 1. The smallest absolute Gasteiger partial charge is 0.404 e. The number of nitrogens with one attached hydrogen (secondary N) is 1. The van der Waals surface area contributed by atoms with Crippen molar-refractivity contribution < 1.29 is 24.5 Å². The van der Waals surface area contributed by atoms with Crippen molar-refractivity contribution in [2.45, 2.75) is 57.1 Å². The van der Waals surface area contributed by atoms with E-state index in [4.69, 9.17) is 19.7 Å². The maximum atomic E-state index is 10.7. The summed E-state index contributed by atoms with van der Waals surface area (Å²) in [7, 11) is 0. The molecule has 8 nitrogen and oxygen atoms in total. The molecule has 172 valence electrons. The van der Waals surface area contributed by atoms with Crippen molar-refractivity contribution in [1.82, 2.24) is 10.2 Å². The Morgan fingerprint density at radius 3 is 2.39 bits per heavy atom. The first kappa shape index (κ1) is 22.0. The summed E-state index contributed by atoms with van der Waals surface area (Å²) >= 11 is 0. The number of aliphatic hydroxyl groups is 1. The molecule has 0 bridgehead atoms. The average molecular weight is 434 g/mol. The van der Waals surface area contributed by atoms with Crippen LogP contribution in [0, 0.1) is 5.92 Å². The number of benzene rings is 1. The summed E-state index contributed by atoms with van der Waals surface area (Å²) in [5.41, 5.74) is 1.15. The summed E-state index contributed by atoms with van der Waals surface area (Å²) in [4.78, 5) is 15.7. The van der Waals surface area contributed by atoms with Gasteiger partial charge in [-0.1, -0.05) is 6.07 Å². The minimum absolute atomic E-state index is 0.0833. The van der Waals surface area contributed by atoms with Gasteiger partial charge >= 0.3 is 6.09 Å². The average Bonchev–Trinajstić information content (AvgIpc) is 3.40. The van der Waals surface area contributed by atoms with Crippen LogP contribution < -0.4 is 19.7 Å². The fourth-order valence-electron chi connectivity index (χ4n) is 4.59. The first-order chi connectivity index (χ1) is 15.1. The van der Waals surface area contributed by atoms with Gasteiger partial charge in [-0.2, -0.15) is 0 Å². The zero-order valence-corrected chi connectivity index (χ0v) is 18.2. The molecule has 2 aliphatic heterocycles. The number of nitrogens with zero attached hydrogens (tertiary/aromatic N) is 2. The van der Waals surface area contributed by atoms with Crippen molar-refractivity contribution in [2.75, 3.05) is 44.4 Å². The number of carboxylic acid groups (broad SMARTS) is 1. The number of amides is 1. The molecule has 8 heteroatoms. The first-order valence-corrected chi connectivity index (χ1v) is 11.6. The number of hydrogen-bond donors (Lipinski definition) is 3. The van der Waals surface area contributed by atoms with Crippen LogP contribution in [-0.4, -0.2) is 72.9 Å². The number of hydrogen-bond acceptors (Lipinski definition) is 6. The second-order valence-electron chi connectivity index (χ2n) is 9.03. The van der Waals surface area contributed by atoms with Crippen LogP contribution in [-0.2, 0) is 0 Å². The second kappa shape index (κ2) is 10.4. The molecule has 0 atom stereocenters. The number of ether oxygens (including phenoxy) is 2. The van der Waals surface area contributed by atoms with Crippen LogP contribution in [0.2, 0.25) is 0 Å². The summed E-state index contributed by atoms with van der Waals surface area (Å²) in [6.45, 7) is 5.61. The van der Waals surface area contributed by atoms with Crippen LogP contribution in [0.25, 0.3) is 0 Å². The van der Waals surface area contributed by atoms with E-state index in [-0.39, 0.29) is 12.1 Å². The molecule has 2 saturated carbocycles. The molecule has 5 rings (SSSR count). The van der Waals surface area contributed by atoms with E-state index in [0.29, 0.717) is 6.79 Å². The molecule has 0 unspecified atom stereocenters. The van der Waals surface area contributed by atoms with Gasteiger partial charge in [0, 0.05) is 32.2 Å². The molecule has 2 heterocycles. The number of anilines is 1. The van der Waals surface area contributed by atoms with E-state index in [0.717, 1.165) is 94.4 Å². The van der Waals surface area contributed by atoms with Crippen LogP contribution in [0.15, 0.2) is 18.2 Å². The van der Waals surface area contributed by atoms with E-state index in [1.807, 2.05) is 12.1 Å². The Labute approximate surface area is 184 Å². The van der Waals surface area contributed by atoms with E-state index in [9.17, 15) is 4.79 Å². The monoisotopic (exact) mass is 433 g/mol. The molecule has 0 aromatic heterocycles. The molecule has 1 amide bonds. The number of rotatable bonds is 5. The normalized spacial score (nSPS) is 25.5. The SMILES string of the molecule is O=C(O)N[C@H]1CC[C@H](CCN2CCN(c3cccc4c3OCO4)CC2)CC1.OC1CC1. The van der Waals surface area contributed by atoms with Crippen LogP contribution >= 0.6 is 0 Å². The van der Waals surface area contributed by atoms with Gasteiger partial charge in [0.05, 0.1) is 11.8 Å². The Morgan fingerprint density at radius 1 is 1.03 bits per heavy atom.